The lowest BCUT2D eigenvalue weighted by Crippen LogP contribution is -2.20. The number of aromatic nitrogens is 1. The zero-order valence-corrected chi connectivity index (χ0v) is 15.0. The molecule has 26 heavy (non-hydrogen) atoms. The van der Waals surface area contributed by atoms with Crippen LogP contribution >= 0.6 is 11.3 Å². The summed E-state index contributed by atoms with van der Waals surface area (Å²) in [5, 5.41) is 9.86. The summed E-state index contributed by atoms with van der Waals surface area (Å²) in [7, 11) is 0. The van der Waals surface area contributed by atoms with Gasteiger partial charge in [0.2, 0.25) is 0 Å². The van der Waals surface area contributed by atoms with Gasteiger partial charge in [-0.3, -0.25) is 5.43 Å². The van der Waals surface area contributed by atoms with Crippen molar-refractivity contribution < 1.29 is 9.53 Å². The number of nitrogens with one attached hydrogen (secondary N) is 2. The number of carbonyl (C=O) groups excluding carboxylic acids is 1. The van der Waals surface area contributed by atoms with Crippen LogP contribution in [0.1, 0.15) is 12.6 Å². The average Bonchev–Trinajstić information content (AvgIpc) is 3.12. The fourth-order valence-electron chi connectivity index (χ4n) is 2.12. The molecule has 0 atom stereocenters. The van der Waals surface area contributed by atoms with Crippen molar-refractivity contribution in [2.45, 2.75) is 6.92 Å². The normalized spacial score (nSPS) is 11.0. The highest BCUT2D eigenvalue weighted by Crippen LogP contribution is 2.21. The van der Waals surface area contributed by atoms with Crippen molar-refractivity contribution in [1.82, 2.24) is 4.98 Å². The van der Waals surface area contributed by atoms with Crippen molar-refractivity contribution in [3.05, 3.63) is 71.7 Å². The third-order valence-electron chi connectivity index (χ3n) is 3.31. The molecule has 0 bridgehead atoms. The van der Waals surface area contributed by atoms with Crippen molar-refractivity contribution >= 4 is 39.5 Å². The maximum Gasteiger partial charge on any atom is 0.361 e. The van der Waals surface area contributed by atoms with Crippen LogP contribution < -0.4 is 10.7 Å². The lowest BCUT2D eigenvalue weighted by molar-refractivity contribution is -0.134. The van der Waals surface area contributed by atoms with Gasteiger partial charge in [-0.25, -0.2) is 9.78 Å². The topological polar surface area (TPSA) is 75.6 Å². The van der Waals surface area contributed by atoms with Gasteiger partial charge in [-0.2, -0.15) is 5.10 Å². The highest BCUT2D eigenvalue weighted by atomic mass is 32.1. The number of para-hydroxylation sites is 2. The first-order valence-corrected chi connectivity index (χ1v) is 8.98. The first-order valence-electron chi connectivity index (χ1n) is 8.10. The molecule has 132 valence electrons. The Balaban J connectivity index is 1.81. The number of hydrogen-bond donors (Lipinski definition) is 2. The fourth-order valence-corrected chi connectivity index (χ4v) is 2.84. The summed E-state index contributed by atoms with van der Waals surface area (Å²) in [6, 6.07) is 19.1. The lowest BCUT2D eigenvalue weighted by Gasteiger charge is -2.05. The molecule has 1 heterocycles. The van der Waals surface area contributed by atoms with Crippen molar-refractivity contribution in [2.24, 2.45) is 5.10 Å². The number of hydrazone groups is 1. The Morgan fingerprint density at radius 3 is 2.38 bits per heavy atom. The Bertz CT molecular complexity index is 879. The number of carbonyl (C=O) groups is 1. The molecule has 0 radical (unpaired) electrons. The van der Waals surface area contributed by atoms with E-state index in [1.54, 1.807) is 12.3 Å². The minimum atomic E-state index is -0.521. The molecule has 0 saturated carbocycles. The van der Waals surface area contributed by atoms with E-state index in [0.29, 0.717) is 10.8 Å². The van der Waals surface area contributed by atoms with Crippen molar-refractivity contribution in [2.75, 3.05) is 17.3 Å². The summed E-state index contributed by atoms with van der Waals surface area (Å²) in [5.74, 6) is -0.521. The van der Waals surface area contributed by atoms with Crippen LogP contribution in [0.25, 0.3) is 0 Å². The standard InChI is InChI=1S/C19H18N4O2S/c1-2-25-18(24)17(23-22-15-11-7-4-8-12-15)16-13-26-19(21-16)20-14-9-5-3-6-10-14/h3-13,22H,2H2,1H3,(H,20,21)/b23-17+. The fraction of sp³-hybridized carbons (Fsp3) is 0.105. The zero-order valence-electron chi connectivity index (χ0n) is 14.2. The van der Waals surface area contributed by atoms with E-state index in [1.807, 2.05) is 60.7 Å². The van der Waals surface area contributed by atoms with E-state index in [0.717, 1.165) is 11.4 Å². The van der Waals surface area contributed by atoms with Gasteiger partial charge < -0.3 is 10.1 Å². The molecule has 7 heteroatoms. The molecule has 0 spiro atoms. The van der Waals surface area contributed by atoms with E-state index in [2.05, 4.69) is 20.8 Å². The van der Waals surface area contributed by atoms with E-state index in [9.17, 15) is 4.79 Å². The zero-order chi connectivity index (χ0) is 18.2. The van der Waals surface area contributed by atoms with Crippen LogP contribution in [0.4, 0.5) is 16.5 Å². The third-order valence-corrected chi connectivity index (χ3v) is 4.07. The minimum absolute atomic E-state index is 0.132. The van der Waals surface area contributed by atoms with Crippen molar-refractivity contribution in [3.63, 3.8) is 0 Å². The first-order chi connectivity index (χ1) is 12.8. The summed E-state index contributed by atoms with van der Waals surface area (Å²) in [6.07, 6.45) is 0. The Morgan fingerprint density at radius 1 is 1.08 bits per heavy atom. The Labute approximate surface area is 155 Å². The lowest BCUT2D eigenvalue weighted by atomic mass is 10.3. The number of anilines is 3. The van der Waals surface area contributed by atoms with Crippen molar-refractivity contribution in [1.29, 1.82) is 0 Å². The van der Waals surface area contributed by atoms with Crippen LogP contribution in [0.15, 0.2) is 71.1 Å². The third kappa shape index (κ3) is 4.67. The molecular weight excluding hydrogens is 348 g/mol. The molecule has 1 aromatic heterocycles. The van der Waals surface area contributed by atoms with Gasteiger partial charge in [0.25, 0.3) is 0 Å². The molecule has 3 aromatic rings. The van der Waals surface area contributed by atoms with E-state index in [4.69, 9.17) is 4.74 Å². The van der Waals surface area contributed by atoms with Gasteiger partial charge in [0.1, 0.15) is 5.69 Å². The van der Waals surface area contributed by atoms with Crippen LogP contribution in [-0.2, 0) is 9.53 Å². The van der Waals surface area contributed by atoms with E-state index >= 15 is 0 Å². The molecule has 0 saturated heterocycles. The van der Waals surface area contributed by atoms with E-state index in [1.165, 1.54) is 11.3 Å². The molecule has 0 aliphatic heterocycles. The molecular formula is C19H18N4O2S. The van der Waals surface area contributed by atoms with Crippen LogP contribution in [-0.4, -0.2) is 23.3 Å². The van der Waals surface area contributed by atoms with Gasteiger partial charge in [-0.1, -0.05) is 36.4 Å². The summed E-state index contributed by atoms with van der Waals surface area (Å²) in [6.45, 7) is 2.02. The maximum absolute atomic E-state index is 12.3. The molecule has 0 aliphatic carbocycles. The molecule has 2 aromatic carbocycles. The van der Waals surface area contributed by atoms with Crippen molar-refractivity contribution in [3.8, 4) is 0 Å². The van der Waals surface area contributed by atoms with Crippen LogP contribution in [0.5, 0.6) is 0 Å². The number of nitrogens with zero attached hydrogens (tertiary/aromatic N) is 2. The number of esters is 1. The number of benzene rings is 2. The van der Waals surface area contributed by atoms with E-state index < -0.39 is 5.97 Å². The number of ether oxygens (including phenoxy) is 1. The first kappa shape index (κ1) is 17.6. The number of thiazole rings is 1. The maximum atomic E-state index is 12.3. The minimum Gasteiger partial charge on any atom is -0.461 e. The molecule has 0 unspecified atom stereocenters. The summed E-state index contributed by atoms with van der Waals surface area (Å²) < 4.78 is 5.11. The number of hydrogen-bond acceptors (Lipinski definition) is 7. The van der Waals surface area contributed by atoms with Crippen LogP contribution in [0.2, 0.25) is 0 Å². The molecule has 0 amide bonds. The van der Waals surface area contributed by atoms with Crippen LogP contribution in [0.3, 0.4) is 0 Å². The Morgan fingerprint density at radius 2 is 1.73 bits per heavy atom. The largest absolute Gasteiger partial charge is 0.461 e. The van der Waals surface area contributed by atoms with Gasteiger partial charge >= 0.3 is 5.97 Å². The Kier molecular flexibility index (Phi) is 5.95. The highest BCUT2D eigenvalue weighted by molar-refractivity contribution is 7.14. The SMILES string of the molecule is CCOC(=O)/C(=N/Nc1ccccc1)c1csc(Nc2ccccc2)n1. The summed E-state index contributed by atoms with van der Waals surface area (Å²) >= 11 is 1.39. The molecule has 3 rings (SSSR count). The van der Waals surface area contributed by atoms with Gasteiger partial charge in [-0.05, 0) is 31.2 Å². The molecule has 0 aliphatic rings. The predicted molar refractivity (Wildman–Crippen MR) is 105 cm³/mol. The van der Waals surface area contributed by atoms with Crippen LogP contribution in [0, 0.1) is 0 Å². The Hall–Kier alpha value is -3.19. The van der Waals surface area contributed by atoms with Gasteiger partial charge in [-0.15, -0.1) is 11.3 Å². The quantitative estimate of drug-likeness (QED) is 0.371. The summed E-state index contributed by atoms with van der Waals surface area (Å²) in [4.78, 5) is 16.7. The smallest absolute Gasteiger partial charge is 0.361 e. The second-order valence-electron chi connectivity index (χ2n) is 5.19. The molecule has 2 N–H and O–H groups in total. The predicted octanol–water partition coefficient (Wildman–Crippen LogP) is 4.27. The summed E-state index contributed by atoms with van der Waals surface area (Å²) in [5.41, 5.74) is 5.15. The van der Waals surface area contributed by atoms with Gasteiger partial charge in [0.05, 0.1) is 12.3 Å². The molecule has 6 nitrogen and oxygen atoms in total. The highest BCUT2D eigenvalue weighted by Gasteiger charge is 2.19. The monoisotopic (exact) mass is 366 g/mol. The second-order valence-corrected chi connectivity index (χ2v) is 6.05. The number of rotatable bonds is 7. The van der Waals surface area contributed by atoms with Gasteiger partial charge in [0, 0.05) is 11.1 Å². The van der Waals surface area contributed by atoms with Gasteiger partial charge in [0.15, 0.2) is 10.8 Å². The molecule has 0 fully saturated rings. The van der Waals surface area contributed by atoms with E-state index in [-0.39, 0.29) is 12.3 Å². The second kappa shape index (κ2) is 8.77. The average molecular weight is 366 g/mol.